The first-order chi connectivity index (χ1) is 14.5. The van der Waals surface area contributed by atoms with Gasteiger partial charge in [-0.2, -0.15) is 14.9 Å². The van der Waals surface area contributed by atoms with Crippen LogP contribution in [0.5, 0.6) is 11.5 Å². The van der Waals surface area contributed by atoms with Crippen LogP contribution in [0.3, 0.4) is 0 Å². The molecular formula is C20H19N7O3. The van der Waals surface area contributed by atoms with E-state index in [-0.39, 0.29) is 11.4 Å². The van der Waals surface area contributed by atoms with Gasteiger partial charge in [-0.1, -0.05) is 0 Å². The number of ether oxygens (including phenoxy) is 2. The molecule has 3 heterocycles. The molecule has 0 saturated heterocycles. The lowest BCUT2D eigenvalue weighted by molar-refractivity contribution is 0.393. The van der Waals surface area contributed by atoms with Gasteiger partial charge in [0.15, 0.2) is 5.82 Å². The average molecular weight is 405 g/mol. The fourth-order valence-electron chi connectivity index (χ4n) is 2.92. The average Bonchev–Trinajstić information content (AvgIpc) is 3.20. The first-order valence-corrected chi connectivity index (χ1v) is 8.94. The fraction of sp³-hybridized carbons (Fsp3) is 0.150. The Morgan fingerprint density at radius 1 is 1.00 bits per heavy atom. The fourth-order valence-corrected chi connectivity index (χ4v) is 2.92. The molecule has 0 spiro atoms. The monoisotopic (exact) mass is 405 g/mol. The van der Waals surface area contributed by atoms with E-state index in [4.69, 9.17) is 15.2 Å². The van der Waals surface area contributed by atoms with Crippen LogP contribution >= 0.6 is 0 Å². The van der Waals surface area contributed by atoms with Crippen molar-refractivity contribution in [2.75, 3.05) is 20.0 Å². The molecule has 10 heteroatoms. The van der Waals surface area contributed by atoms with E-state index in [1.54, 1.807) is 41.3 Å². The van der Waals surface area contributed by atoms with Gasteiger partial charge in [-0.05, 0) is 6.07 Å². The van der Waals surface area contributed by atoms with Crippen LogP contribution in [-0.4, -0.2) is 43.7 Å². The number of anilines is 1. The van der Waals surface area contributed by atoms with Crippen molar-refractivity contribution in [3.63, 3.8) is 0 Å². The van der Waals surface area contributed by atoms with Crippen LogP contribution in [0.1, 0.15) is 0 Å². The minimum Gasteiger partial charge on any atom is -0.497 e. The van der Waals surface area contributed by atoms with Crippen molar-refractivity contribution in [3.05, 3.63) is 59.3 Å². The highest BCUT2D eigenvalue weighted by Crippen LogP contribution is 2.26. The lowest BCUT2D eigenvalue weighted by atomic mass is 10.2. The Bertz CT molecular complexity index is 1260. The summed E-state index contributed by atoms with van der Waals surface area (Å²) in [5.74, 6) is 1.26. The number of aromatic nitrogens is 6. The topological polar surface area (TPSA) is 123 Å². The molecule has 30 heavy (non-hydrogen) atoms. The molecule has 2 N–H and O–H groups in total. The molecule has 10 nitrogen and oxygen atoms in total. The molecule has 4 rings (SSSR count). The summed E-state index contributed by atoms with van der Waals surface area (Å²) in [6, 6.07) is 8.03. The Morgan fingerprint density at radius 2 is 1.73 bits per heavy atom. The second-order valence-electron chi connectivity index (χ2n) is 6.43. The van der Waals surface area contributed by atoms with E-state index >= 15 is 0 Å². The molecule has 0 aliphatic carbocycles. The Hall–Kier alpha value is -4.21. The molecule has 3 aromatic heterocycles. The number of hydrogen-bond acceptors (Lipinski definition) is 8. The van der Waals surface area contributed by atoms with Gasteiger partial charge in [0.2, 0.25) is 0 Å². The summed E-state index contributed by atoms with van der Waals surface area (Å²) in [7, 11) is 4.88. The number of aryl methyl sites for hydroxylation is 1. The third kappa shape index (κ3) is 3.58. The Morgan fingerprint density at radius 3 is 2.37 bits per heavy atom. The second-order valence-corrected chi connectivity index (χ2v) is 6.43. The molecule has 0 fully saturated rings. The van der Waals surface area contributed by atoms with Crippen molar-refractivity contribution in [2.45, 2.75) is 0 Å². The molecule has 0 bridgehead atoms. The number of nitrogen functional groups attached to an aromatic ring is 1. The van der Waals surface area contributed by atoms with Gasteiger partial charge in [0.1, 0.15) is 22.9 Å². The molecular weight excluding hydrogens is 386 g/mol. The maximum absolute atomic E-state index is 12.5. The van der Waals surface area contributed by atoms with Crippen LogP contribution in [0, 0.1) is 0 Å². The second kappa shape index (κ2) is 7.66. The zero-order valence-electron chi connectivity index (χ0n) is 16.6. The largest absolute Gasteiger partial charge is 0.497 e. The minimum atomic E-state index is -0.330. The van der Waals surface area contributed by atoms with Crippen molar-refractivity contribution in [1.29, 1.82) is 0 Å². The van der Waals surface area contributed by atoms with E-state index in [2.05, 4.69) is 20.2 Å². The Kier molecular flexibility index (Phi) is 4.88. The third-order valence-electron chi connectivity index (χ3n) is 4.43. The van der Waals surface area contributed by atoms with Crippen molar-refractivity contribution < 1.29 is 9.47 Å². The minimum absolute atomic E-state index is 0.198. The predicted molar refractivity (Wildman–Crippen MR) is 111 cm³/mol. The van der Waals surface area contributed by atoms with Crippen LogP contribution in [0.25, 0.3) is 28.3 Å². The van der Waals surface area contributed by atoms with E-state index in [1.165, 1.54) is 25.0 Å². The lowest BCUT2D eigenvalue weighted by Crippen LogP contribution is -2.21. The van der Waals surface area contributed by atoms with Gasteiger partial charge in [-0.15, -0.1) is 0 Å². The van der Waals surface area contributed by atoms with E-state index in [0.717, 1.165) is 5.56 Å². The highest BCUT2D eigenvalue weighted by molar-refractivity contribution is 5.70. The Labute approximate surface area is 171 Å². The standard InChI is InChI=1S/C20H19N7O3/c1-26-11-12(9-23-26)17-10-22-20(21)19(24-17)16-4-5-18(28)27(25-16)13-6-14(29-2)8-15(7-13)30-3/h4-11H,1-3H3,(H2,21,22). The van der Waals surface area contributed by atoms with Crippen LogP contribution in [0.4, 0.5) is 5.82 Å². The van der Waals surface area contributed by atoms with Gasteiger partial charge in [-0.3, -0.25) is 9.48 Å². The predicted octanol–water partition coefficient (Wildman–Crippen LogP) is 1.69. The van der Waals surface area contributed by atoms with E-state index in [1.807, 2.05) is 13.2 Å². The summed E-state index contributed by atoms with van der Waals surface area (Å²) in [5.41, 5.74) is 8.35. The molecule has 0 atom stereocenters. The quantitative estimate of drug-likeness (QED) is 0.532. The number of nitrogens with two attached hydrogens (primary N) is 1. The van der Waals surface area contributed by atoms with Crippen molar-refractivity contribution in [2.24, 2.45) is 7.05 Å². The SMILES string of the molecule is COc1cc(OC)cc(-n2nc(-c3nc(-c4cnn(C)c4)cnc3N)ccc2=O)c1. The number of benzene rings is 1. The van der Waals surface area contributed by atoms with Crippen molar-refractivity contribution in [3.8, 4) is 39.8 Å². The molecule has 0 unspecified atom stereocenters. The van der Waals surface area contributed by atoms with Gasteiger partial charge in [0.25, 0.3) is 5.56 Å². The summed E-state index contributed by atoms with van der Waals surface area (Å²) >= 11 is 0. The van der Waals surface area contributed by atoms with Crippen molar-refractivity contribution >= 4 is 5.82 Å². The number of methoxy groups -OCH3 is 2. The molecule has 0 radical (unpaired) electrons. The maximum Gasteiger partial charge on any atom is 0.271 e. The summed E-state index contributed by atoms with van der Waals surface area (Å²) in [6.45, 7) is 0. The first-order valence-electron chi connectivity index (χ1n) is 8.94. The molecule has 0 amide bonds. The zero-order chi connectivity index (χ0) is 21.3. The summed E-state index contributed by atoms with van der Waals surface area (Å²) < 4.78 is 13.5. The lowest BCUT2D eigenvalue weighted by Gasteiger charge is -2.11. The zero-order valence-corrected chi connectivity index (χ0v) is 16.6. The van der Waals surface area contributed by atoms with Gasteiger partial charge >= 0.3 is 0 Å². The highest BCUT2D eigenvalue weighted by atomic mass is 16.5. The third-order valence-corrected chi connectivity index (χ3v) is 4.43. The summed E-state index contributed by atoms with van der Waals surface area (Å²) in [5, 5.41) is 8.60. The summed E-state index contributed by atoms with van der Waals surface area (Å²) in [4.78, 5) is 21.3. The van der Waals surface area contributed by atoms with E-state index in [0.29, 0.717) is 34.3 Å². The van der Waals surface area contributed by atoms with Gasteiger partial charge in [-0.25, -0.2) is 9.97 Å². The number of hydrogen-bond donors (Lipinski definition) is 1. The maximum atomic E-state index is 12.5. The molecule has 4 aromatic rings. The Balaban J connectivity index is 1.84. The molecule has 1 aromatic carbocycles. The normalized spacial score (nSPS) is 10.8. The van der Waals surface area contributed by atoms with Gasteiger partial charge < -0.3 is 15.2 Å². The highest BCUT2D eigenvalue weighted by Gasteiger charge is 2.14. The van der Waals surface area contributed by atoms with Crippen LogP contribution in [-0.2, 0) is 7.05 Å². The van der Waals surface area contributed by atoms with E-state index < -0.39 is 0 Å². The molecule has 0 aliphatic heterocycles. The molecule has 0 aliphatic rings. The van der Waals surface area contributed by atoms with Crippen LogP contribution in [0.2, 0.25) is 0 Å². The number of rotatable bonds is 5. The van der Waals surface area contributed by atoms with Gasteiger partial charge in [0.05, 0.1) is 38.0 Å². The van der Waals surface area contributed by atoms with Crippen LogP contribution < -0.4 is 20.8 Å². The van der Waals surface area contributed by atoms with E-state index in [9.17, 15) is 4.79 Å². The summed E-state index contributed by atoms with van der Waals surface area (Å²) in [6.07, 6.45) is 5.07. The first kappa shape index (κ1) is 19.1. The molecule has 0 saturated carbocycles. The smallest absolute Gasteiger partial charge is 0.271 e. The number of nitrogens with zero attached hydrogens (tertiary/aromatic N) is 6. The van der Waals surface area contributed by atoms with Crippen LogP contribution in [0.15, 0.2) is 53.7 Å². The van der Waals surface area contributed by atoms with Crippen molar-refractivity contribution in [1.82, 2.24) is 29.5 Å². The molecule has 152 valence electrons. The van der Waals surface area contributed by atoms with Gasteiger partial charge in [0, 0.05) is 43.1 Å².